The van der Waals surface area contributed by atoms with Gasteiger partial charge in [-0.3, -0.25) is 14.5 Å². The highest BCUT2D eigenvalue weighted by molar-refractivity contribution is 5.91. The minimum atomic E-state index is -1.11. The Morgan fingerprint density at radius 2 is 2.10 bits per heavy atom. The topological polar surface area (TPSA) is 89.9 Å². The van der Waals surface area contributed by atoms with E-state index in [2.05, 4.69) is 10.2 Å². The van der Waals surface area contributed by atoms with Crippen molar-refractivity contribution in [2.24, 2.45) is 11.8 Å². The highest BCUT2D eigenvalue weighted by Gasteiger charge is 2.66. The van der Waals surface area contributed by atoms with Gasteiger partial charge >= 0.3 is 0 Å². The molecule has 6 nitrogen and oxygen atoms in total. The fourth-order valence-corrected chi connectivity index (χ4v) is 6.51. The second-order valence-corrected chi connectivity index (χ2v) is 10.8. The second-order valence-electron chi connectivity index (χ2n) is 10.8. The Labute approximate surface area is 184 Å². The number of hydrogen-bond donors (Lipinski definition) is 3. The highest BCUT2D eigenvalue weighted by Crippen LogP contribution is 2.58. The third kappa shape index (κ3) is 3.39. The number of fused-ring (bicyclic) bond motifs is 1. The molecule has 0 unspecified atom stereocenters. The van der Waals surface area contributed by atoms with Crippen LogP contribution in [-0.2, 0) is 21.4 Å². The quantitative estimate of drug-likeness (QED) is 0.672. The van der Waals surface area contributed by atoms with E-state index in [-0.39, 0.29) is 42.2 Å². The Bertz CT molecular complexity index is 911. The average molecular weight is 427 g/mol. The van der Waals surface area contributed by atoms with Gasteiger partial charge < -0.3 is 15.5 Å². The van der Waals surface area contributed by atoms with Crippen LogP contribution in [0.3, 0.4) is 0 Å². The van der Waals surface area contributed by atoms with E-state index in [0.717, 1.165) is 24.2 Å². The SMILES string of the molecule is CC(C)CC(=O)N[C@H]1C[C@@]2(O)[C@H]3Cc4ccc(O)cc4[C@@]2(CCN3CC2CC2)CC1=O. The van der Waals surface area contributed by atoms with Gasteiger partial charge in [-0.05, 0) is 67.3 Å². The molecule has 1 aliphatic heterocycles. The molecule has 3 N–H and O–H groups in total. The van der Waals surface area contributed by atoms with Gasteiger partial charge in [0, 0.05) is 37.3 Å². The van der Waals surface area contributed by atoms with E-state index in [1.807, 2.05) is 19.9 Å². The van der Waals surface area contributed by atoms with Crippen molar-refractivity contribution >= 4 is 11.7 Å². The van der Waals surface area contributed by atoms with Gasteiger partial charge in [0.1, 0.15) is 5.75 Å². The van der Waals surface area contributed by atoms with Crippen LogP contribution in [0.5, 0.6) is 5.75 Å². The van der Waals surface area contributed by atoms with Gasteiger partial charge in [0.15, 0.2) is 5.78 Å². The lowest BCUT2D eigenvalue weighted by Crippen LogP contribution is -2.76. The van der Waals surface area contributed by atoms with Crippen molar-refractivity contribution < 1.29 is 19.8 Å². The molecule has 1 aromatic carbocycles. The Balaban J connectivity index is 1.53. The van der Waals surface area contributed by atoms with Gasteiger partial charge in [-0.1, -0.05) is 19.9 Å². The molecule has 4 atom stereocenters. The number of nitrogens with zero attached hydrogens (tertiary/aromatic N) is 1. The Hall–Kier alpha value is -1.92. The maximum absolute atomic E-state index is 13.3. The van der Waals surface area contributed by atoms with Crippen molar-refractivity contribution in [3.05, 3.63) is 29.3 Å². The lowest BCUT2D eigenvalue weighted by molar-refractivity contribution is -0.178. The van der Waals surface area contributed by atoms with Gasteiger partial charge in [-0.2, -0.15) is 0 Å². The zero-order valence-corrected chi connectivity index (χ0v) is 18.6. The number of carbonyl (C=O) groups excluding carboxylic acids is 2. The minimum Gasteiger partial charge on any atom is -0.508 e. The molecular formula is C25H34N2O4. The molecule has 2 bridgehead atoms. The maximum Gasteiger partial charge on any atom is 0.220 e. The van der Waals surface area contributed by atoms with Crippen molar-refractivity contribution in [3.63, 3.8) is 0 Å². The summed E-state index contributed by atoms with van der Waals surface area (Å²) in [5.74, 6) is 0.971. The third-order valence-corrected chi connectivity index (χ3v) is 8.17. The molecule has 1 saturated heterocycles. The first kappa shape index (κ1) is 21.0. The number of phenolic OH excluding ortho intramolecular Hbond substituents is 1. The highest BCUT2D eigenvalue weighted by atomic mass is 16.3. The number of aliphatic hydroxyl groups is 1. The summed E-state index contributed by atoms with van der Waals surface area (Å²) in [5.41, 5.74) is 0.256. The van der Waals surface area contributed by atoms with Crippen LogP contribution in [0.25, 0.3) is 0 Å². The van der Waals surface area contributed by atoms with Gasteiger partial charge in [0.05, 0.1) is 11.6 Å². The van der Waals surface area contributed by atoms with Crippen molar-refractivity contribution in [3.8, 4) is 5.75 Å². The molecule has 0 aromatic heterocycles. The van der Waals surface area contributed by atoms with Crippen LogP contribution < -0.4 is 5.32 Å². The number of hydrogen-bond acceptors (Lipinski definition) is 5. The number of Topliss-reactive ketones (excluding diaryl/α,β-unsaturated/α-hetero) is 1. The van der Waals surface area contributed by atoms with Crippen LogP contribution in [0.2, 0.25) is 0 Å². The van der Waals surface area contributed by atoms with Crippen LogP contribution in [-0.4, -0.2) is 57.6 Å². The van der Waals surface area contributed by atoms with Crippen molar-refractivity contribution in [2.45, 2.75) is 81.9 Å². The summed E-state index contributed by atoms with van der Waals surface area (Å²) in [6.45, 7) is 5.82. The lowest BCUT2D eigenvalue weighted by Gasteiger charge is -2.64. The summed E-state index contributed by atoms with van der Waals surface area (Å²) in [7, 11) is 0. The lowest BCUT2D eigenvalue weighted by atomic mass is 9.48. The number of ketones is 1. The van der Waals surface area contributed by atoms with E-state index in [1.165, 1.54) is 12.8 Å². The van der Waals surface area contributed by atoms with Crippen LogP contribution in [0.4, 0.5) is 0 Å². The predicted octanol–water partition coefficient (Wildman–Crippen LogP) is 2.30. The Kier molecular flexibility index (Phi) is 4.94. The van der Waals surface area contributed by atoms with Crippen LogP contribution in [0.1, 0.15) is 63.5 Å². The largest absolute Gasteiger partial charge is 0.508 e. The molecule has 0 spiro atoms. The zero-order valence-electron chi connectivity index (χ0n) is 18.6. The molecule has 4 aliphatic rings. The van der Waals surface area contributed by atoms with Crippen molar-refractivity contribution in [1.82, 2.24) is 10.2 Å². The predicted molar refractivity (Wildman–Crippen MR) is 117 cm³/mol. The van der Waals surface area contributed by atoms with Gasteiger partial charge in [-0.15, -0.1) is 0 Å². The van der Waals surface area contributed by atoms with Gasteiger partial charge in [0.25, 0.3) is 0 Å². The molecule has 168 valence electrons. The third-order valence-electron chi connectivity index (χ3n) is 8.17. The van der Waals surface area contributed by atoms with E-state index in [4.69, 9.17) is 0 Å². The van der Waals surface area contributed by atoms with Crippen LogP contribution in [0.15, 0.2) is 18.2 Å². The van der Waals surface area contributed by atoms with E-state index in [0.29, 0.717) is 25.2 Å². The number of nitrogens with one attached hydrogen (secondary N) is 1. The molecule has 2 saturated carbocycles. The fraction of sp³-hybridized carbons (Fsp3) is 0.680. The Morgan fingerprint density at radius 3 is 2.81 bits per heavy atom. The van der Waals surface area contributed by atoms with Crippen molar-refractivity contribution in [2.75, 3.05) is 13.1 Å². The molecule has 3 aliphatic carbocycles. The Morgan fingerprint density at radius 1 is 1.32 bits per heavy atom. The summed E-state index contributed by atoms with van der Waals surface area (Å²) in [6, 6.07) is 4.71. The molecule has 1 heterocycles. The molecule has 0 radical (unpaired) electrons. The fourth-order valence-electron chi connectivity index (χ4n) is 6.51. The minimum absolute atomic E-state index is 0.00707. The number of amides is 1. The summed E-state index contributed by atoms with van der Waals surface area (Å²) in [5, 5.41) is 25.5. The molecule has 31 heavy (non-hydrogen) atoms. The van der Waals surface area contributed by atoms with E-state index in [9.17, 15) is 19.8 Å². The maximum atomic E-state index is 13.3. The average Bonchev–Trinajstić information content (AvgIpc) is 3.49. The number of aromatic hydroxyl groups is 1. The summed E-state index contributed by atoms with van der Waals surface area (Å²) < 4.78 is 0. The van der Waals surface area contributed by atoms with E-state index < -0.39 is 17.1 Å². The number of likely N-dealkylation sites (tertiary alicyclic amines) is 1. The first-order valence-corrected chi connectivity index (χ1v) is 11.8. The molecule has 6 heteroatoms. The number of rotatable bonds is 5. The normalized spacial score (nSPS) is 34.9. The second kappa shape index (κ2) is 7.31. The summed E-state index contributed by atoms with van der Waals surface area (Å²) in [4.78, 5) is 28.2. The van der Waals surface area contributed by atoms with E-state index in [1.54, 1.807) is 12.1 Å². The van der Waals surface area contributed by atoms with Gasteiger partial charge in [-0.25, -0.2) is 0 Å². The molecule has 3 fully saturated rings. The smallest absolute Gasteiger partial charge is 0.220 e. The van der Waals surface area contributed by atoms with Crippen molar-refractivity contribution in [1.29, 1.82) is 0 Å². The number of carbonyl (C=O) groups is 2. The number of piperidine rings is 1. The molecule has 1 aromatic rings. The monoisotopic (exact) mass is 426 g/mol. The first-order valence-electron chi connectivity index (χ1n) is 11.8. The molecule has 5 rings (SSSR count). The zero-order chi connectivity index (χ0) is 22.0. The molecular weight excluding hydrogens is 392 g/mol. The first-order chi connectivity index (χ1) is 14.7. The molecule has 1 amide bonds. The number of phenols is 1. The van der Waals surface area contributed by atoms with Gasteiger partial charge in [0.2, 0.25) is 5.91 Å². The summed E-state index contributed by atoms with van der Waals surface area (Å²) in [6.07, 6.45) is 4.74. The van der Waals surface area contributed by atoms with Crippen LogP contribution in [0, 0.1) is 11.8 Å². The standard InChI is InChI=1S/C25H34N2O4/c1-15(2)9-23(30)26-20-12-25(31)22-10-17-5-6-18(28)11-19(17)24(25,13-21(20)29)7-8-27(22)14-16-3-4-16/h5-6,11,15-16,20,22,28,31H,3-4,7-10,12-14H2,1-2H3,(H,26,30)/t20-,22+,24+,25+/m0/s1. The number of benzene rings is 1. The summed E-state index contributed by atoms with van der Waals surface area (Å²) >= 11 is 0. The van der Waals surface area contributed by atoms with E-state index >= 15 is 0 Å². The van der Waals surface area contributed by atoms with Crippen LogP contribution >= 0.6 is 0 Å².